The van der Waals surface area contributed by atoms with Gasteiger partial charge >= 0.3 is 5.97 Å². The average Bonchev–Trinajstić information content (AvgIpc) is 2.40. The van der Waals surface area contributed by atoms with Gasteiger partial charge in [-0.3, -0.25) is 9.59 Å². The van der Waals surface area contributed by atoms with Crippen LogP contribution >= 0.6 is 11.6 Å². The first-order chi connectivity index (χ1) is 9.85. The van der Waals surface area contributed by atoms with Crippen molar-refractivity contribution in [1.29, 1.82) is 0 Å². The van der Waals surface area contributed by atoms with Crippen LogP contribution in [0.5, 0.6) is 0 Å². The third-order valence-electron chi connectivity index (χ3n) is 2.97. The maximum atomic E-state index is 12.0. The molecule has 1 amide bonds. The first-order valence-electron chi connectivity index (χ1n) is 6.84. The highest BCUT2D eigenvalue weighted by molar-refractivity contribution is 6.33. The molecule has 0 fully saturated rings. The van der Waals surface area contributed by atoms with Gasteiger partial charge in [0.25, 0.3) is 5.91 Å². The van der Waals surface area contributed by atoms with Gasteiger partial charge in [0, 0.05) is 19.9 Å². The lowest BCUT2D eigenvalue weighted by Gasteiger charge is -2.17. The predicted octanol–water partition coefficient (Wildman–Crippen LogP) is 2.23. The Morgan fingerprint density at radius 2 is 2.10 bits per heavy atom. The van der Waals surface area contributed by atoms with Crippen molar-refractivity contribution in [1.82, 2.24) is 5.32 Å². The summed E-state index contributed by atoms with van der Waals surface area (Å²) in [5.41, 5.74) is 7.93. The van der Waals surface area contributed by atoms with Gasteiger partial charge in [0.05, 0.1) is 10.7 Å². The quantitative estimate of drug-likeness (QED) is 0.623. The van der Waals surface area contributed by atoms with Crippen molar-refractivity contribution in [3.63, 3.8) is 0 Å². The van der Waals surface area contributed by atoms with E-state index >= 15 is 0 Å². The number of aryl methyl sites for hydroxylation is 1. The summed E-state index contributed by atoms with van der Waals surface area (Å²) >= 11 is 6.04. The van der Waals surface area contributed by atoms with E-state index < -0.39 is 12.1 Å². The highest BCUT2D eigenvalue weighted by atomic mass is 35.5. The normalized spacial score (nSPS) is 11.8. The average molecular weight is 313 g/mol. The van der Waals surface area contributed by atoms with E-state index in [0.717, 1.165) is 17.5 Å². The maximum Gasteiger partial charge on any atom is 0.303 e. The number of rotatable bonds is 6. The number of halogens is 1. The maximum absolute atomic E-state index is 12.0. The van der Waals surface area contributed by atoms with Gasteiger partial charge in [-0.25, -0.2) is 0 Å². The van der Waals surface area contributed by atoms with E-state index in [1.807, 2.05) is 19.9 Å². The van der Waals surface area contributed by atoms with E-state index in [4.69, 9.17) is 22.1 Å². The van der Waals surface area contributed by atoms with E-state index in [0.29, 0.717) is 17.3 Å². The molecular formula is C15H21ClN2O3. The number of carbonyl (C=O) groups excluding carboxylic acids is 2. The Balaban J connectivity index is 2.90. The van der Waals surface area contributed by atoms with Crippen molar-refractivity contribution >= 4 is 29.2 Å². The smallest absolute Gasteiger partial charge is 0.303 e. The highest BCUT2D eigenvalue weighted by Gasteiger charge is 2.22. The number of carbonyl (C=O) groups is 2. The zero-order chi connectivity index (χ0) is 16.0. The summed E-state index contributed by atoms with van der Waals surface area (Å²) in [6, 6.07) is 3.53. The minimum atomic E-state index is -0.867. The lowest BCUT2D eigenvalue weighted by molar-refractivity contribution is -0.153. The summed E-state index contributed by atoms with van der Waals surface area (Å²) in [5.74, 6) is -0.803. The number of amides is 1. The van der Waals surface area contributed by atoms with Crippen molar-refractivity contribution in [2.75, 3.05) is 12.3 Å². The molecule has 0 saturated carbocycles. The zero-order valence-corrected chi connectivity index (χ0v) is 13.3. The molecule has 0 saturated heterocycles. The van der Waals surface area contributed by atoms with Gasteiger partial charge in [-0.2, -0.15) is 0 Å². The van der Waals surface area contributed by atoms with Crippen LogP contribution in [0.4, 0.5) is 5.69 Å². The number of nitrogens with one attached hydrogen (secondary N) is 1. The molecule has 0 unspecified atom stereocenters. The molecule has 5 nitrogen and oxygen atoms in total. The van der Waals surface area contributed by atoms with Gasteiger partial charge in [0.15, 0.2) is 6.10 Å². The molecule has 0 radical (unpaired) electrons. The van der Waals surface area contributed by atoms with Gasteiger partial charge < -0.3 is 15.8 Å². The second kappa shape index (κ2) is 7.88. The number of esters is 1. The van der Waals surface area contributed by atoms with E-state index in [-0.39, 0.29) is 12.3 Å². The van der Waals surface area contributed by atoms with E-state index in [2.05, 4.69) is 5.32 Å². The van der Waals surface area contributed by atoms with Crippen LogP contribution in [0, 0.1) is 6.92 Å². The lowest BCUT2D eigenvalue weighted by Crippen LogP contribution is -2.39. The number of hydrogen-bond acceptors (Lipinski definition) is 4. The summed E-state index contributed by atoms with van der Waals surface area (Å²) in [7, 11) is 0. The first-order valence-corrected chi connectivity index (χ1v) is 7.22. The van der Waals surface area contributed by atoms with E-state index in [1.54, 1.807) is 6.07 Å². The minimum Gasteiger partial charge on any atom is -0.452 e. The van der Waals surface area contributed by atoms with Gasteiger partial charge in [-0.15, -0.1) is 0 Å². The van der Waals surface area contributed by atoms with Gasteiger partial charge in [0.1, 0.15) is 0 Å². The number of anilines is 1. The Hall–Kier alpha value is -1.75. The van der Waals surface area contributed by atoms with Crippen molar-refractivity contribution < 1.29 is 14.3 Å². The van der Waals surface area contributed by atoms with Crippen LogP contribution in [0.25, 0.3) is 0 Å². The zero-order valence-electron chi connectivity index (χ0n) is 12.5. The van der Waals surface area contributed by atoms with Crippen LogP contribution < -0.4 is 11.1 Å². The van der Waals surface area contributed by atoms with Gasteiger partial charge in [-0.05, 0) is 30.5 Å². The number of hydrogen-bond donors (Lipinski definition) is 2. The molecule has 6 heteroatoms. The number of benzene rings is 1. The third-order valence-corrected chi connectivity index (χ3v) is 3.28. The highest BCUT2D eigenvalue weighted by Crippen LogP contribution is 2.25. The predicted molar refractivity (Wildman–Crippen MR) is 83.2 cm³/mol. The molecular weight excluding hydrogens is 292 g/mol. The van der Waals surface area contributed by atoms with E-state index in [9.17, 15) is 9.59 Å². The van der Waals surface area contributed by atoms with Gasteiger partial charge in [0.2, 0.25) is 0 Å². The summed E-state index contributed by atoms with van der Waals surface area (Å²) in [4.78, 5) is 23.2. The largest absolute Gasteiger partial charge is 0.452 e. The standard InChI is InChI=1S/C15H21ClN2O3/c1-4-5-18-15(20)13(21-10(3)19)8-11-6-9(2)14(17)12(16)7-11/h6-7,13H,4-5,8,17H2,1-3H3,(H,18,20)/t13-/m1/s1. The lowest BCUT2D eigenvalue weighted by atomic mass is 10.0. The Kier molecular flexibility index (Phi) is 6.49. The Morgan fingerprint density at radius 3 is 2.62 bits per heavy atom. The molecule has 21 heavy (non-hydrogen) atoms. The second-order valence-electron chi connectivity index (χ2n) is 4.90. The Morgan fingerprint density at radius 1 is 1.43 bits per heavy atom. The fourth-order valence-corrected chi connectivity index (χ4v) is 2.20. The van der Waals surface area contributed by atoms with Crippen LogP contribution in [0.15, 0.2) is 12.1 Å². The second-order valence-corrected chi connectivity index (χ2v) is 5.31. The molecule has 1 aromatic carbocycles. The molecule has 0 aliphatic carbocycles. The van der Waals surface area contributed by atoms with Crippen molar-refractivity contribution in [2.24, 2.45) is 0 Å². The summed E-state index contributed by atoms with van der Waals surface area (Å²) < 4.78 is 5.10. The number of nitrogen functional groups attached to an aromatic ring is 1. The molecule has 3 N–H and O–H groups in total. The third kappa shape index (κ3) is 5.27. The molecule has 0 aromatic heterocycles. The molecule has 0 bridgehead atoms. The van der Waals surface area contributed by atoms with Crippen LogP contribution in [-0.2, 0) is 20.7 Å². The molecule has 116 valence electrons. The van der Waals surface area contributed by atoms with Crippen LogP contribution in [0.2, 0.25) is 5.02 Å². The summed E-state index contributed by atoms with van der Waals surface area (Å²) in [6.07, 6.45) is 0.203. The monoisotopic (exact) mass is 312 g/mol. The molecule has 0 heterocycles. The number of nitrogens with two attached hydrogens (primary N) is 1. The Labute approximate surface area is 129 Å². The molecule has 0 aliphatic heterocycles. The molecule has 1 rings (SSSR count). The number of ether oxygens (including phenoxy) is 1. The minimum absolute atomic E-state index is 0.260. The summed E-state index contributed by atoms with van der Waals surface area (Å²) in [5, 5.41) is 3.16. The fourth-order valence-electron chi connectivity index (χ4n) is 1.91. The van der Waals surface area contributed by atoms with Crippen LogP contribution in [-0.4, -0.2) is 24.5 Å². The van der Waals surface area contributed by atoms with E-state index in [1.165, 1.54) is 6.92 Å². The fraction of sp³-hybridized carbons (Fsp3) is 0.467. The van der Waals surface area contributed by atoms with Crippen LogP contribution in [0.1, 0.15) is 31.4 Å². The molecule has 1 atom stereocenters. The first kappa shape index (κ1) is 17.3. The van der Waals surface area contributed by atoms with Gasteiger partial charge in [-0.1, -0.05) is 24.6 Å². The summed E-state index contributed by atoms with van der Waals surface area (Å²) in [6.45, 7) is 5.60. The Bertz CT molecular complexity index is 509. The molecule has 1 aromatic rings. The van der Waals surface area contributed by atoms with Crippen LogP contribution in [0.3, 0.4) is 0 Å². The van der Waals surface area contributed by atoms with Crippen molar-refractivity contribution in [3.05, 3.63) is 28.3 Å². The van der Waals surface area contributed by atoms with Crippen molar-refractivity contribution in [2.45, 2.75) is 39.7 Å². The van der Waals surface area contributed by atoms with Crippen molar-refractivity contribution in [3.8, 4) is 0 Å². The molecule has 0 spiro atoms. The SMILES string of the molecule is CCCNC(=O)[C@@H](Cc1cc(C)c(N)c(Cl)c1)OC(C)=O. The topological polar surface area (TPSA) is 81.4 Å². The molecule has 0 aliphatic rings.